The van der Waals surface area contributed by atoms with E-state index in [1.165, 1.54) is 6.39 Å². The third kappa shape index (κ3) is 1.99. The van der Waals surface area contributed by atoms with Gasteiger partial charge in [-0.05, 0) is 6.92 Å². The number of aryl methyl sites for hydroxylation is 4. The Hall–Kier alpha value is -1.89. The van der Waals surface area contributed by atoms with E-state index in [0.29, 0.717) is 24.7 Å². The molecule has 3 aromatic rings. The van der Waals surface area contributed by atoms with Crippen LogP contribution in [0.5, 0.6) is 0 Å². The molecule has 0 spiro atoms. The van der Waals surface area contributed by atoms with Gasteiger partial charge in [-0.2, -0.15) is 10.1 Å². The Kier molecular flexibility index (Phi) is 2.98. The molecule has 0 atom stereocenters. The van der Waals surface area contributed by atoms with Crippen molar-refractivity contribution in [3.05, 3.63) is 23.7 Å². The van der Waals surface area contributed by atoms with Gasteiger partial charge >= 0.3 is 0 Å². The number of rotatable bonds is 4. The van der Waals surface area contributed by atoms with E-state index in [1.54, 1.807) is 0 Å². The second-order valence-electron chi connectivity index (χ2n) is 4.29. The van der Waals surface area contributed by atoms with Crippen LogP contribution in [0.25, 0.3) is 11.2 Å². The Morgan fingerprint density at radius 2 is 2.26 bits per heavy atom. The highest BCUT2D eigenvalue weighted by Gasteiger charge is 2.16. The van der Waals surface area contributed by atoms with Crippen LogP contribution in [0, 0.1) is 6.92 Å². The van der Waals surface area contributed by atoms with Crippen molar-refractivity contribution in [3.8, 4) is 0 Å². The van der Waals surface area contributed by atoms with Crippen molar-refractivity contribution >= 4 is 22.8 Å². The van der Waals surface area contributed by atoms with Gasteiger partial charge in [0.05, 0.1) is 11.6 Å². The molecule has 0 unspecified atom stereocenters. The standard InChI is InChI=1S/C11H13ClN6O/c1-7-10-11(17(2)15-7)18(9(5-12)14-10)4-3-8-13-6-19-16-8/h6H,3-5H2,1-2H3. The second-order valence-corrected chi connectivity index (χ2v) is 4.56. The first kappa shape index (κ1) is 12.2. The minimum absolute atomic E-state index is 0.361. The predicted octanol–water partition coefficient (Wildman–Crippen LogP) is 1.44. The smallest absolute Gasteiger partial charge is 0.213 e. The summed E-state index contributed by atoms with van der Waals surface area (Å²) in [5.74, 6) is 1.86. The zero-order valence-electron chi connectivity index (χ0n) is 10.7. The summed E-state index contributed by atoms with van der Waals surface area (Å²) >= 11 is 5.96. The Balaban J connectivity index is 2.00. The fraction of sp³-hybridized carbons (Fsp3) is 0.455. The van der Waals surface area contributed by atoms with E-state index >= 15 is 0 Å². The highest BCUT2D eigenvalue weighted by molar-refractivity contribution is 6.16. The molecule has 8 heteroatoms. The third-order valence-corrected chi connectivity index (χ3v) is 3.29. The summed E-state index contributed by atoms with van der Waals surface area (Å²) < 4.78 is 8.60. The Bertz CT molecular complexity index is 698. The quantitative estimate of drug-likeness (QED) is 0.676. The number of hydrogen-bond acceptors (Lipinski definition) is 5. The number of aromatic nitrogens is 6. The number of hydrogen-bond donors (Lipinski definition) is 0. The zero-order chi connectivity index (χ0) is 13.4. The lowest BCUT2D eigenvalue weighted by Crippen LogP contribution is -2.09. The van der Waals surface area contributed by atoms with E-state index in [9.17, 15) is 0 Å². The number of nitrogens with zero attached hydrogens (tertiary/aromatic N) is 6. The number of imidazole rings is 1. The van der Waals surface area contributed by atoms with E-state index in [-0.39, 0.29) is 0 Å². The summed E-state index contributed by atoms with van der Waals surface area (Å²) in [6, 6.07) is 0. The molecule has 0 radical (unpaired) electrons. The lowest BCUT2D eigenvalue weighted by atomic mass is 10.4. The Morgan fingerprint density at radius 1 is 1.42 bits per heavy atom. The molecular weight excluding hydrogens is 268 g/mol. The number of halogens is 1. The molecule has 7 nitrogen and oxygen atoms in total. The van der Waals surface area contributed by atoms with Crippen molar-refractivity contribution in [1.82, 2.24) is 29.5 Å². The van der Waals surface area contributed by atoms with Gasteiger partial charge < -0.3 is 9.09 Å². The van der Waals surface area contributed by atoms with Gasteiger partial charge in [-0.15, -0.1) is 11.6 Å². The van der Waals surface area contributed by atoms with Crippen LogP contribution in [0.2, 0.25) is 0 Å². The normalized spacial score (nSPS) is 11.5. The molecular formula is C11H13ClN6O. The highest BCUT2D eigenvalue weighted by atomic mass is 35.5. The van der Waals surface area contributed by atoms with Crippen LogP contribution in [0.1, 0.15) is 17.3 Å². The van der Waals surface area contributed by atoms with Crippen LogP contribution in [0.3, 0.4) is 0 Å². The van der Waals surface area contributed by atoms with Crippen LogP contribution >= 0.6 is 11.6 Å². The minimum Gasteiger partial charge on any atom is -0.343 e. The SMILES string of the molecule is Cc1nn(C)c2c1nc(CCl)n2CCc1ncon1. The molecule has 0 aliphatic carbocycles. The monoisotopic (exact) mass is 280 g/mol. The average molecular weight is 281 g/mol. The highest BCUT2D eigenvalue weighted by Crippen LogP contribution is 2.20. The fourth-order valence-corrected chi connectivity index (χ4v) is 2.44. The topological polar surface area (TPSA) is 74.6 Å². The van der Waals surface area contributed by atoms with Gasteiger partial charge in [0.1, 0.15) is 11.3 Å². The minimum atomic E-state index is 0.361. The maximum atomic E-state index is 5.96. The number of alkyl halides is 1. The van der Waals surface area contributed by atoms with Crippen molar-refractivity contribution in [2.75, 3.05) is 0 Å². The second kappa shape index (κ2) is 4.65. The molecule has 0 saturated carbocycles. The molecule has 19 heavy (non-hydrogen) atoms. The average Bonchev–Trinajstić information content (AvgIpc) is 3.07. The number of fused-ring (bicyclic) bond motifs is 1. The molecule has 0 aliphatic rings. The molecule has 0 N–H and O–H groups in total. The van der Waals surface area contributed by atoms with Gasteiger partial charge in [0, 0.05) is 20.0 Å². The molecule has 3 aromatic heterocycles. The van der Waals surface area contributed by atoms with E-state index in [1.807, 2.05) is 18.7 Å². The van der Waals surface area contributed by atoms with E-state index in [0.717, 1.165) is 22.7 Å². The molecule has 0 aromatic carbocycles. The lowest BCUT2D eigenvalue weighted by Gasteiger charge is -2.06. The summed E-state index contributed by atoms with van der Waals surface area (Å²) in [7, 11) is 1.90. The molecule has 100 valence electrons. The van der Waals surface area contributed by atoms with Crippen molar-refractivity contribution in [2.45, 2.75) is 25.8 Å². The summed E-state index contributed by atoms with van der Waals surface area (Å²) in [5, 5.41) is 8.18. The molecule has 0 aliphatic heterocycles. The molecule has 3 rings (SSSR count). The van der Waals surface area contributed by atoms with Crippen molar-refractivity contribution in [1.29, 1.82) is 0 Å². The molecule has 0 saturated heterocycles. The zero-order valence-corrected chi connectivity index (χ0v) is 11.4. The van der Waals surface area contributed by atoms with Crippen molar-refractivity contribution in [3.63, 3.8) is 0 Å². The first-order valence-electron chi connectivity index (χ1n) is 5.90. The van der Waals surface area contributed by atoms with Gasteiger partial charge in [0.15, 0.2) is 11.5 Å². The van der Waals surface area contributed by atoms with E-state index in [4.69, 9.17) is 16.1 Å². The van der Waals surface area contributed by atoms with Crippen LogP contribution < -0.4 is 0 Å². The predicted molar refractivity (Wildman–Crippen MR) is 68.8 cm³/mol. The van der Waals surface area contributed by atoms with Crippen LogP contribution in [-0.2, 0) is 25.9 Å². The van der Waals surface area contributed by atoms with Gasteiger partial charge in [-0.25, -0.2) is 4.98 Å². The summed E-state index contributed by atoms with van der Waals surface area (Å²) in [6.07, 6.45) is 1.99. The Morgan fingerprint density at radius 3 is 2.95 bits per heavy atom. The van der Waals surface area contributed by atoms with Crippen LogP contribution in [-0.4, -0.2) is 29.5 Å². The molecule has 0 bridgehead atoms. The first-order valence-corrected chi connectivity index (χ1v) is 6.44. The first-order chi connectivity index (χ1) is 9.20. The van der Waals surface area contributed by atoms with Gasteiger partial charge in [0.2, 0.25) is 6.39 Å². The summed E-state index contributed by atoms with van der Waals surface area (Å²) in [6.45, 7) is 2.63. The Labute approximate surface area is 114 Å². The largest absolute Gasteiger partial charge is 0.343 e. The van der Waals surface area contributed by atoms with Crippen LogP contribution in [0.15, 0.2) is 10.9 Å². The van der Waals surface area contributed by atoms with Crippen molar-refractivity contribution in [2.24, 2.45) is 7.05 Å². The van der Waals surface area contributed by atoms with Gasteiger partial charge in [-0.3, -0.25) is 4.68 Å². The molecule has 0 amide bonds. The van der Waals surface area contributed by atoms with Crippen LogP contribution in [0.4, 0.5) is 0 Å². The summed E-state index contributed by atoms with van der Waals surface area (Å²) in [4.78, 5) is 8.55. The fourth-order valence-electron chi connectivity index (χ4n) is 2.23. The van der Waals surface area contributed by atoms with Crippen molar-refractivity contribution < 1.29 is 4.52 Å². The molecule has 0 fully saturated rings. The molecule has 3 heterocycles. The van der Waals surface area contributed by atoms with Gasteiger partial charge in [-0.1, -0.05) is 5.16 Å². The van der Waals surface area contributed by atoms with E-state index < -0.39 is 0 Å². The third-order valence-electron chi connectivity index (χ3n) is 3.05. The van der Waals surface area contributed by atoms with E-state index in [2.05, 4.69) is 24.8 Å². The summed E-state index contributed by atoms with van der Waals surface area (Å²) in [5.41, 5.74) is 2.77. The van der Waals surface area contributed by atoms with Gasteiger partial charge in [0.25, 0.3) is 0 Å². The maximum absolute atomic E-state index is 5.96. The maximum Gasteiger partial charge on any atom is 0.213 e. The lowest BCUT2D eigenvalue weighted by molar-refractivity contribution is 0.408.